The maximum Gasteiger partial charge on any atom is 0.308 e. The van der Waals surface area contributed by atoms with E-state index in [-0.39, 0.29) is 43.1 Å². The van der Waals surface area contributed by atoms with Gasteiger partial charge in [0.2, 0.25) is 17.7 Å². The summed E-state index contributed by atoms with van der Waals surface area (Å²) in [5.41, 5.74) is 3.02. The average Bonchev–Trinajstić information content (AvgIpc) is 2.75. The van der Waals surface area contributed by atoms with E-state index in [1.165, 1.54) is 9.80 Å². The SMILES string of the molecule is Cc1ccc(N2CC(C(=O)N(C)CC(=O)N3CCCC(C(=O)O)C3)CCC2=O)cc1C. The normalized spacial score (nSPS) is 21.7. The van der Waals surface area contributed by atoms with Crippen LogP contribution in [0.15, 0.2) is 18.2 Å². The zero-order chi connectivity index (χ0) is 22.7. The Balaban J connectivity index is 1.62. The molecule has 31 heavy (non-hydrogen) atoms. The van der Waals surface area contributed by atoms with E-state index in [0.717, 1.165) is 16.8 Å². The number of carboxylic acids is 1. The molecule has 2 unspecified atom stereocenters. The minimum Gasteiger partial charge on any atom is -0.481 e. The summed E-state index contributed by atoms with van der Waals surface area (Å²) in [6.07, 6.45) is 1.97. The molecule has 1 N–H and O–H groups in total. The quantitative estimate of drug-likeness (QED) is 0.770. The summed E-state index contributed by atoms with van der Waals surface area (Å²) in [6, 6.07) is 5.83. The van der Waals surface area contributed by atoms with E-state index in [1.807, 2.05) is 32.0 Å². The molecule has 1 aromatic rings. The van der Waals surface area contributed by atoms with Gasteiger partial charge in [-0.05, 0) is 56.4 Å². The number of rotatable bonds is 5. The average molecular weight is 430 g/mol. The first kappa shape index (κ1) is 22.8. The van der Waals surface area contributed by atoms with Gasteiger partial charge in [-0.15, -0.1) is 0 Å². The number of carbonyl (C=O) groups is 4. The van der Waals surface area contributed by atoms with Crippen molar-refractivity contribution >= 4 is 29.4 Å². The Morgan fingerprint density at radius 3 is 2.52 bits per heavy atom. The second kappa shape index (κ2) is 9.49. The van der Waals surface area contributed by atoms with Crippen LogP contribution >= 0.6 is 0 Å². The van der Waals surface area contributed by atoms with Crippen LogP contribution in [0.1, 0.15) is 36.8 Å². The minimum absolute atomic E-state index is 0.000869. The van der Waals surface area contributed by atoms with Crippen molar-refractivity contribution in [3.8, 4) is 0 Å². The van der Waals surface area contributed by atoms with Gasteiger partial charge in [-0.2, -0.15) is 0 Å². The van der Waals surface area contributed by atoms with E-state index in [1.54, 1.807) is 11.9 Å². The molecule has 0 spiro atoms. The highest BCUT2D eigenvalue weighted by molar-refractivity contribution is 5.96. The number of amides is 3. The molecule has 2 fully saturated rings. The van der Waals surface area contributed by atoms with Gasteiger partial charge in [0.25, 0.3) is 0 Å². The van der Waals surface area contributed by atoms with Gasteiger partial charge in [0.15, 0.2) is 0 Å². The van der Waals surface area contributed by atoms with E-state index in [0.29, 0.717) is 32.4 Å². The molecule has 0 bridgehead atoms. The fourth-order valence-corrected chi connectivity index (χ4v) is 4.29. The lowest BCUT2D eigenvalue weighted by atomic mass is 9.95. The van der Waals surface area contributed by atoms with Crippen LogP contribution in [0.25, 0.3) is 0 Å². The molecule has 0 saturated carbocycles. The van der Waals surface area contributed by atoms with E-state index in [4.69, 9.17) is 0 Å². The lowest BCUT2D eigenvalue weighted by molar-refractivity contribution is -0.148. The van der Waals surface area contributed by atoms with E-state index >= 15 is 0 Å². The van der Waals surface area contributed by atoms with Crippen LogP contribution in [-0.4, -0.2) is 71.8 Å². The van der Waals surface area contributed by atoms with Gasteiger partial charge in [-0.3, -0.25) is 19.2 Å². The molecule has 3 rings (SSSR count). The highest BCUT2D eigenvalue weighted by Gasteiger charge is 2.34. The standard InChI is InChI=1S/C23H31N3O5/c1-15-6-8-19(11-16(15)2)26-13-17(7-9-20(26)27)22(29)24(3)14-21(28)25-10-4-5-18(12-25)23(30)31/h6,8,11,17-18H,4-5,7,9-10,12-14H2,1-3H3,(H,30,31). The molecule has 2 heterocycles. The van der Waals surface area contributed by atoms with Crippen molar-refractivity contribution in [1.82, 2.24) is 9.80 Å². The van der Waals surface area contributed by atoms with Gasteiger partial charge in [-0.25, -0.2) is 0 Å². The van der Waals surface area contributed by atoms with E-state index < -0.39 is 11.9 Å². The molecule has 0 aromatic heterocycles. The maximum atomic E-state index is 13.0. The molecule has 3 amide bonds. The number of carboxylic acid groups (broad SMARTS) is 1. The van der Waals surface area contributed by atoms with Crippen molar-refractivity contribution < 1.29 is 24.3 Å². The Hall–Kier alpha value is -2.90. The monoisotopic (exact) mass is 429 g/mol. The first-order valence-electron chi connectivity index (χ1n) is 10.8. The van der Waals surface area contributed by atoms with E-state index in [2.05, 4.69) is 0 Å². The van der Waals surface area contributed by atoms with Crippen LogP contribution in [-0.2, 0) is 19.2 Å². The number of piperidine rings is 2. The number of likely N-dealkylation sites (N-methyl/N-ethyl adjacent to an activating group) is 1. The van der Waals surface area contributed by atoms with Crippen molar-refractivity contribution in [1.29, 1.82) is 0 Å². The van der Waals surface area contributed by atoms with Gasteiger partial charge >= 0.3 is 5.97 Å². The molecule has 1 aromatic carbocycles. The molecule has 2 saturated heterocycles. The number of aryl methyl sites for hydroxylation is 2. The first-order valence-corrected chi connectivity index (χ1v) is 10.8. The van der Waals surface area contributed by atoms with Gasteiger partial charge in [0.05, 0.1) is 18.4 Å². The summed E-state index contributed by atoms with van der Waals surface area (Å²) in [7, 11) is 1.59. The summed E-state index contributed by atoms with van der Waals surface area (Å²) in [5.74, 6) is -2.21. The lowest BCUT2D eigenvalue weighted by Gasteiger charge is -2.35. The minimum atomic E-state index is -0.889. The van der Waals surface area contributed by atoms with Gasteiger partial charge in [-0.1, -0.05) is 6.07 Å². The molecule has 2 aliphatic rings. The van der Waals surface area contributed by atoms with Crippen molar-refractivity contribution in [3.05, 3.63) is 29.3 Å². The lowest BCUT2D eigenvalue weighted by Crippen LogP contribution is -2.50. The van der Waals surface area contributed by atoms with Crippen molar-refractivity contribution in [2.45, 2.75) is 39.5 Å². The van der Waals surface area contributed by atoms with Crippen LogP contribution in [0, 0.1) is 25.7 Å². The molecule has 0 radical (unpaired) electrons. The number of hydrogen-bond donors (Lipinski definition) is 1. The van der Waals surface area contributed by atoms with Crippen LogP contribution in [0.2, 0.25) is 0 Å². The number of likely N-dealkylation sites (tertiary alicyclic amines) is 1. The van der Waals surface area contributed by atoms with Gasteiger partial charge in [0.1, 0.15) is 0 Å². The number of benzene rings is 1. The largest absolute Gasteiger partial charge is 0.481 e. The second-order valence-corrected chi connectivity index (χ2v) is 8.72. The number of anilines is 1. The predicted molar refractivity (Wildman–Crippen MR) is 116 cm³/mol. The Bertz CT molecular complexity index is 884. The molecular formula is C23H31N3O5. The fraction of sp³-hybridized carbons (Fsp3) is 0.565. The predicted octanol–water partition coefficient (Wildman–Crippen LogP) is 1.83. The van der Waals surface area contributed by atoms with Gasteiger partial charge in [0, 0.05) is 38.8 Å². The Morgan fingerprint density at radius 1 is 1.10 bits per heavy atom. The molecule has 2 aliphatic heterocycles. The van der Waals surface area contributed by atoms with Crippen LogP contribution in [0.4, 0.5) is 5.69 Å². The number of aliphatic carboxylic acids is 1. The van der Waals surface area contributed by atoms with Crippen LogP contribution < -0.4 is 4.90 Å². The smallest absolute Gasteiger partial charge is 0.308 e. The van der Waals surface area contributed by atoms with Crippen molar-refractivity contribution in [2.75, 3.05) is 38.1 Å². The summed E-state index contributed by atoms with van der Waals surface area (Å²) in [6.45, 7) is 4.92. The summed E-state index contributed by atoms with van der Waals surface area (Å²) >= 11 is 0. The number of nitrogens with zero attached hydrogens (tertiary/aromatic N) is 3. The summed E-state index contributed by atoms with van der Waals surface area (Å²) < 4.78 is 0. The summed E-state index contributed by atoms with van der Waals surface area (Å²) in [4.78, 5) is 54.0. The molecule has 0 aliphatic carbocycles. The zero-order valence-electron chi connectivity index (χ0n) is 18.5. The second-order valence-electron chi connectivity index (χ2n) is 8.72. The number of hydrogen-bond acceptors (Lipinski definition) is 4. The third-order valence-electron chi connectivity index (χ3n) is 6.43. The summed E-state index contributed by atoms with van der Waals surface area (Å²) in [5, 5.41) is 9.22. The Kier molecular flexibility index (Phi) is 6.97. The van der Waals surface area contributed by atoms with E-state index in [9.17, 15) is 24.3 Å². The first-order chi connectivity index (χ1) is 14.7. The molecule has 8 heteroatoms. The van der Waals surface area contributed by atoms with Crippen molar-refractivity contribution in [3.63, 3.8) is 0 Å². The molecular weight excluding hydrogens is 398 g/mol. The zero-order valence-corrected chi connectivity index (χ0v) is 18.5. The Morgan fingerprint density at radius 2 is 1.84 bits per heavy atom. The maximum absolute atomic E-state index is 13.0. The topological polar surface area (TPSA) is 98.2 Å². The van der Waals surface area contributed by atoms with Crippen LogP contribution in [0.5, 0.6) is 0 Å². The highest BCUT2D eigenvalue weighted by atomic mass is 16.4. The highest BCUT2D eigenvalue weighted by Crippen LogP contribution is 2.27. The van der Waals surface area contributed by atoms with Gasteiger partial charge < -0.3 is 19.8 Å². The molecule has 8 nitrogen and oxygen atoms in total. The van der Waals surface area contributed by atoms with Crippen molar-refractivity contribution in [2.24, 2.45) is 11.8 Å². The fourth-order valence-electron chi connectivity index (χ4n) is 4.29. The Labute approximate surface area is 182 Å². The molecule has 2 atom stereocenters. The van der Waals surface area contributed by atoms with Crippen LogP contribution in [0.3, 0.4) is 0 Å². The molecule has 168 valence electrons. The number of carbonyl (C=O) groups excluding carboxylic acids is 3. The third-order valence-corrected chi connectivity index (χ3v) is 6.43. The third kappa shape index (κ3) is 5.24.